The number of carbonyl (C=O) groups excluding carboxylic acids is 2. The van der Waals surface area contributed by atoms with Crippen LogP contribution in [0.4, 0.5) is 0 Å². The number of rotatable bonds is 6. The van der Waals surface area contributed by atoms with Crippen molar-refractivity contribution >= 4 is 47.3 Å². The number of hydrogen-bond acceptors (Lipinski definition) is 3. The van der Waals surface area contributed by atoms with Crippen molar-refractivity contribution < 1.29 is 9.59 Å². The highest BCUT2D eigenvalue weighted by Gasteiger charge is 2.29. The van der Waals surface area contributed by atoms with E-state index in [1.54, 1.807) is 36.4 Å². The van der Waals surface area contributed by atoms with E-state index in [1.165, 1.54) is 6.07 Å². The van der Waals surface area contributed by atoms with E-state index in [0.29, 0.717) is 39.2 Å². The molecule has 1 atom stereocenters. The Hall–Kier alpha value is -1.59. The molecule has 2 aromatic carbocycles. The molecule has 1 fully saturated rings. The second-order valence-electron chi connectivity index (χ2n) is 6.21. The minimum Gasteiger partial charge on any atom is -0.350 e. The van der Waals surface area contributed by atoms with E-state index in [-0.39, 0.29) is 30.1 Å². The van der Waals surface area contributed by atoms with Gasteiger partial charge >= 0.3 is 0 Å². The van der Waals surface area contributed by atoms with E-state index >= 15 is 0 Å². The van der Waals surface area contributed by atoms with E-state index in [9.17, 15) is 9.59 Å². The normalized spacial score (nSPS) is 14.3. The third-order valence-electron chi connectivity index (χ3n) is 4.32. The summed E-state index contributed by atoms with van der Waals surface area (Å²) in [5.74, 6) is -0.0932. The molecule has 0 spiro atoms. The predicted molar refractivity (Wildman–Crippen MR) is 107 cm³/mol. The maximum Gasteiger partial charge on any atom is 0.252 e. The highest BCUT2D eigenvalue weighted by atomic mass is 35.5. The van der Waals surface area contributed by atoms with Crippen LogP contribution >= 0.6 is 35.6 Å². The van der Waals surface area contributed by atoms with Gasteiger partial charge in [0.25, 0.3) is 5.91 Å². The molecule has 3 N–H and O–H groups in total. The Morgan fingerprint density at radius 3 is 2.35 bits per heavy atom. The molecule has 1 aliphatic carbocycles. The number of amides is 1. The first-order valence-electron chi connectivity index (χ1n) is 8.10. The van der Waals surface area contributed by atoms with Crippen LogP contribution in [-0.4, -0.2) is 24.3 Å². The van der Waals surface area contributed by atoms with E-state index in [1.807, 2.05) is 0 Å². The lowest BCUT2D eigenvalue weighted by molar-refractivity contribution is 0.0939. The lowest BCUT2D eigenvalue weighted by atomic mass is 9.98. The number of carbonyl (C=O) groups is 2. The summed E-state index contributed by atoms with van der Waals surface area (Å²) >= 11 is 11.9. The molecule has 0 aromatic heterocycles. The molecule has 0 aliphatic heterocycles. The van der Waals surface area contributed by atoms with Crippen molar-refractivity contribution in [2.75, 3.05) is 6.54 Å². The molecule has 26 heavy (non-hydrogen) atoms. The fourth-order valence-electron chi connectivity index (χ4n) is 2.67. The second-order valence-corrected chi connectivity index (χ2v) is 7.03. The van der Waals surface area contributed by atoms with Gasteiger partial charge in [0.2, 0.25) is 0 Å². The number of benzene rings is 2. The molecule has 138 valence electrons. The Bertz CT molecular complexity index is 822. The maximum absolute atomic E-state index is 12.8. The zero-order valence-corrected chi connectivity index (χ0v) is 16.2. The van der Waals surface area contributed by atoms with Crippen LogP contribution in [0.15, 0.2) is 42.5 Å². The molecule has 1 unspecified atom stereocenters. The first kappa shape index (κ1) is 20.7. The summed E-state index contributed by atoms with van der Waals surface area (Å²) in [6.07, 6.45) is 2.23. The zero-order chi connectivity index (χ0) is 18.0. The zero-order valence-electron chi connectivity index (χ0n) is 13.9. The fraction of sp³-hybridized carbons (Fsp3) is 0.263. The van der Waals surface area contributed by atoms with Crippen LogP contribution < -0.4 is 11.1 Å². The van der Waals surface area contributed by atoms with Gasteiger partial charge in [-0.1, -0.05) is 41.4 Å². The van der Waals surface area contributed by atoms with Gasteiger partial charge in [-0.05, 0) is 43.0 Å². The van der Waals surface area contributed by atoms with Crippen molar-refractivity contribution in [3.05, 3.63) is 69.2 Å². The monoisotopic (exact) mass is 412 g/mol. The molecule has 1 aliphatic rings. The van der Waals surface area contributed by atoms with Crippen LogP contribution in [0.3, 0.4) is 0 Å². The predicted octanol–water partition coefficient (Wildman–Crippen LogP) is 4.11. The van der Waals surface area contributed by atoms with Gasteiger partial charge in [0.05, 0.1) is 15.6 Å². The molecule has 0 radical (unpaired) electrons. The summed E-state index contributed by atoms with van der Waals surface area (Å²) in [6.45, 7) is 0.402. The van der Waals surface area contributed by atoms with Gasteiger partial charge in [-0.15, -0.1) is 12.4 Å². The third kappa shape index (κ3) is 4.77. The van der Waals surface area contributed by atoms with Crippen LogP contribution in [-0.2, 0) is 0 Å². The first-order chi connectivity index (χ1) is 12.0. The van der Waals surface area contributed by atoms with Crippen LogP contribution in [0.2, 0.25) is 10.0 Å². The number of hydrogen-bond donors (Lipinski definition) is 2. The lowest BCUT2D eigenvalue weighted by Gasteiger charge is -2.13. The standard InChI is InChI=1S/C19H18Cl2N2O2.ClH/c20-15-8-7-12(9-16(15)21)18(24)13-3-1-2-4-14(13)19(25)23-10-17(22)11-5-6-11;/h1-4,7-9,11,17H,5-6,10,22H2,(H,23,25);1H. The quantitative estimate of drug-likeness (QED) is 0.700. The Kier molecular flexibility index (Phi) is 7.07. The molecule has 0 bridgehead atoms. The van der Waals surface area contributed by atoms with E-state index in [2.05, 4.69) is 5.32 Å². The van der Waals surface area contributed by atoms with Crippen molar-refractivity contribution in [2.45, 2.75) is 18.9 Å². The Morgan fingerprint density at radius 1 is 1.08 bits per heavy atom. The molecule has 4 nitrogen and oxygen atoms in total. The summed E-state index contributed by atoms with van der Waals surface area (Å²) in [4.78, 5) is 25.3. The summed E-state index contributed by atoms with van der Waals surface area (Å²) in [7, 11) is 0. The number of ketones is 1. The average molecular weight is 414 g/mol. The van der Waals surface area contributed by atoms with Gasteiger partial charge in [-0.2, -0.15) is 0 Å². The first-order valence-corrected chi connectivity index (χ1v) is 8.85. The largest absolute Gasteiger partial charge is 0.350 e. The molecular formula is C19H19Cl3N2O2. The van der Waals surface area contributed by atoms with Crippen molar-refractivity contribution in [3.8, 4) is 0 Å². The highest BCUT2D eigenvalue weighted by molar-refractivity contribution is 6.42. The van der Waals surface area contributed by atoms with Crippen LogP contribution in [0.25, 0.3) is 0 Å². The van der Waals surface area contributed by atoms with Crippen molar-refractivity contribution in [1.29, 1.82) is 0 Å². The van der Waals surface area contributed by atoms with Gasteiger partial charge in [-0.25, -0.2) is 0 Å². The Balaban J connectivity index is 0.00000243. The molecule has 1 saturated carbocycles. The lowest BCUT2D eigenvalue weighted by Crippen LogP contribution is -2.39. The number of halogens is 3. The average Bonchev–Trinajstić information content (AvgIpc) is 3.46. The fourth-order valence-corrected chi connectivity index (χ4v) is 2.97. The van der Waals surface area contributed by atoms with Crippen molar-refractivity contribution in [1.82, 2.24) is 5.32 Å². The van der Waals surface area contributed by atoms with Crippen LogP contribution in [0.1, 0.15) is 39.1 Å². The molecule has 1 amide bonds. The van der Waals surface area contributed by atoms with Gasteiger partial charge in [-0.3, -0.25) is 9.59 Å². The molecular weight excluding hydrogens is 395 g/mol. The molecule has 7 heteroatoms. The SMILES string of the molecule is Cl.NC(CNC(=O)c1ccccc1C(=O)c1ccc(Cl)c(Cl)c1)C1CC1. The van der Waals surface area contributed by atoms with Gasteiger partial charge in [0, 0.05) is 23.7 Å². The number of nitrogens with one attached hydrogen (secondary N) is 1. The maximum atomic E-state index is 12.8. The van der Waals surface area contributed by atoms with E-state index in [0.717, 1.165) is 12.8 Å². The van der Waals surface area contributed by atoms with Crippen LogP contribution in [0, 0.1) is 5.92 Å². The Labute approximate surface area is 168 Å². The van der Waals surface area contributed by atoms with Crippen molar-refractivity contribution in [2.24, 2.45) is 11.7 Å². The van der Waals surface area contributed by atoms with Gasteiger partial charge in [0.1, 0.15) is 0 Å². The summed E-state index contributed by atoms with van der Waals surface area (Å²) in [5, 5.41) is 3.49. The Morgan fingerprint density at radius 2 is 1.73 bits per heavy atom. The van der Waals surface area contributed by atoms with Crippen molar-refractivity contribution in [3.63, 3.8) is 0 Å². The highest BCUT2D eigenvalue weighted by Crippen LogP contribution is 2.31. The summed E-state index contributed by atoms with van der Waals surface area (Å²) in [5.41, 5.74) is 7.03. The molecule has 0 saturated heterocycles. The summed E-state index contributed by atoms with van der Waals surface area (Å²) in [6, 6.07) is 11.3. The molecule has 3 rings (SSSR count). The van der Waals surface area contributed by atoms with Gasteiger partial charge < -0.3 is 11.1 Å². The molecule has 2 aromatic rings. The number of nitrogens with two attached hydrogens (primary N) is 1. The van der Waals surface area contributed by atoms with Gasteiger partial charge in [0.15, 0.2) is 5.78 Å². The van der Waals surface area contributed by atoms with E-state index in [4.69, 9.17) is 28.9 Å². The minimum atomic E-state index is -0.305. The minimum absolute atomic E-state index is 0. The van der Waals surface area contributed by atoms with E-state index < -0.39 is 0 Å². The van der Waals surface area contributed by atoms with Crippen LogP contribution in [0.5, 0.6) is 0 Å². The topological polar surface area (TPSA) is 72.2 Å². The second kappa shape index (κ2) is 8.87. The third-order valence-corrected chi connectivity index (χ3v) is 5.06. The smallest absolute Gasteiger partial charge is 0.252 e. The molecule has 0 heterocycles. The summed E-state index contributed by atoms with van der Waals surface area (Å²) < 4.78 is 0.